The molecule has 1 rings (SSSR count). The predicted octanol–water partition coefficient (Wildman–Crippen LogP) is 2.78. The molecule has 1 aromatic carbocycles. The predicted molar refractivity (Wildman–Crippen MR) is 54.2 cm³/mol. The van der Waals surface area contributed by atoms with Crippen LogP contribution in [0.4, 0.5) is 0 Å². The van der Waals surface area contributed by atoms with Crippen molar-refractivity contribution in [3.05, 3.63) is 29.8 Å². The Morgan fingerprint density at radius 1 is 1.38 bits per heavy atom. The van der Waals surface area contributed by atoms with Gasteiger partial charge in [-0.05, 0) is 30.0 Å². The monoisotopic (exact) mass is 198 g/mol. The van der Waals surface area contributed by atoms with E-state index in [2.05, 4.69) is 13.8 Å². The van der Waals surface area contributed by atoms with Crippen molar-refractivity contribution >= 4 is 11.1 Å². The van der Waals surface area contributed by atoms with Crippen molar-refractivity contribution in [3.63, 3.8) is 0 Å². The van der Waals surface area contributed by atoms with Gasteiger partial charge in [0.25, 0.3) is 0 Å². The molecule has 0 aliphatic rings. The van der Waals surface area contributed by atoms with Crippen LogP contribution in [-0.2, 0) is 11.1 Å². The first-order chi connectivity index (χ1) is 6.15. The number of hydrogen-bond donors (Lipinski definition) is 1. The van der Waals surface area contributed by atoms with E-state index >= 15 is 0 Å². The number of benzene rings is 1. The van der Waals surface area contributed by atoms with Gasteiger partial charge in [-0.25, -0.2) is 4.21 Å². The zero-order valence-corrected chi connectivity index (χ0v) is 8.67. The van der Waals surface area contributed by atoms with Crippen LogP contribution in [0.5, 0.6) is 0 Å². The minimum Gasteiger partial charge on any atom is -0.302 e. The van der Waals surface area contributed by atoms with E-state index < -0.39 is 11.1 Å². The van der Waals surface area contributed by atoms with E-state index in [1.807, 2.05) is 12.1 Å². The van der Waals surface area contributed by atoms with Crippen molar-refractivity contribution in [1.29, 1.82) is 0 Å². The fraction of sp³-hybridized carbons (Fsp3) is 0.400. The Kier molecular flexibility index (Phi) is 3.63. The summed E-state index contributed by atoms with van der Waals surface area (Å²) >= 11 is -1.85. The summed E-state index contributed by atoms with van der Waals surface area (Å²) in [4.78, 5) is 0.465. The van der Waals surface area contributed by atoms with Crippen LogP contribution < -0.4 is 0 Å². The van der Waals surface area contributed by atoms with Crippen LogP contribution in [0.3, 0.4) is 0 Å². The van der Waals surface area contributed by atoms with Crippen LogP contribution in [0, 0.1) is 0 Å². The molecule has 0 aromatic heterocycles. The van der Waals surface area contributed by atoms with Gasteiger partial charge in [0.1, 0.15) is 0 Å². The SMILES string of the molecule is CCC(C)c1ccc(S(=O)O)cc1. The summed E-state index contributed by atoms with van der Waals surface area (Å²) in [6.45, 7) is 4.27. The van der Waals surface area contributed by atoms with Crippen molar-refractivity contribution in [1.82, 2.24) is 0 Å². The summed E-state index contributed by atoms with van der Waals surface area (Å²) in [7, 11) is 0. The lowest BCUT2D eigenvalue weighted by molar-refractivity contribution is 0.564. The molecule has 0 aliphatic heterocycles. The normalized spacial score (nSPS) is 15.3. The number of rotatable bonds is 3. The molecule has 0 aliphatic carbocycles. The van der Waals surface area contributed by atoms with E-state index in [1.165, 1.54) is 5.56 Å². The van der Waals surface area contributed by atoms with Crippen molar-refractivity contribution in [2.24, 2.45) is 0 Å². The Hall–Kier alpha value is -0.670. The van der Waals surface area contributed by atoms with Gasteiger partial charge in [0, 0.05) is 0 Å². The van der Waals surface area contributed by atoms with Crippen molar-refractivity contribution in [3.8, 4) is 0 Å². The second-order valence-electron chi connectivity index (χ2n) is 3.13. The first kappa shape index (κ1) is 10.4. The fourth-order valence-corrected chi connectivity index (χ4v) is 1.52. The minimum absolute atomic E-state index is 0.465. The zero-order valence-electron chi connectivity index (χ0n) is 7.86. The maximum absolute atomic E-state index is 10.7. The molecule has 0 saturated carbocycles. The van der Waals surface area contributed by atoms with Crippen LogP contribution in [-0.4, -0.2) is 8.76 Å². The third kappa shape index (κ3) is 2.64. The average Bonchev–Trinajstić information content (AvgIpc) is 2.17. The van der Waals surface area contributed by atoms with Gasteiger partial charge < -0.3 is 4.55 Å². The molecule has 1 N–H and O–H groups in total. The second kappa shape index (κ2) is 4.53. The van der Waals surface area contributed by atoms with E-state index in [0.29, 0.717) is 10.8 Å². The summed E-state index contributed by atoms with van der Waals surface area (Å²) in [5.74, 6) is 0.515. The number of hydrogen-bond acceptors (Lipinski definition) is 1. The van der Waals surface area contributed by atoms with E-state index in [0.717, 1.165) is 6.42 Å². The van der Waals surface area contributed by atoms with Crippen LogP contribution in [0.2, 0.25) is 0 Å². The molecule has 0 spiro atoms. The second-order valence-corrected chi connectivity index (χ2v) is 4.10. The third-order valence-corrected chi connectivity index (χ3v) is 2.94. The summed E-state index contributed by atoms with van der Waals surface area (Å²) in [5, 5.41) is 0. The molecule has 72 valence electrons. The Bertz CT molecular complexity index is 292. The maximum atomic E-state index is 10.7. The molecule has 0 bridgehead atoms. The molecule has 3 heteroatoms. The Labute approximate surface area is 81.3 Å². The molecule has 0 radical (unpaired) electrons. The highest BCUT2D eigenvalue weighted by molar-refractivity contribution is 7.79. The molecular weight excluding hydrogens is 184 g/mol. The topological polar surface area (TPSA) is 37.3 Å². The van der Waals surface area contributed by atoms with Gasteiger partial charge in [-0.3, -0.25) is 0 Å². The highest BCUT2D eigenvalue weighted by Gasteiger charge is 2.03. The standard InChI is InChI=1S/C10H14O2S/c1-3-8(2)9-4-6-10(7-5-9)13(11)12/h4-8H,3H2,1-2H3,(H,11,12). The fourth-order valence-electron chi connectivity index (χ4n) is 1.15. The summed E-state index contributed by atoms with van der Waals surface area (Å²) in [6, 6.07) is 7.24. The van der Waals surface area contributed by atoms with E-state index in [9.17, 15) is 4.21 Å². The summed E-state index contributed by atoms with van der Waals surface area (Å²) < 4.78 is 19.4. The van der Waals surface area contributed by atoms with Gasteiger partial charge in [-0.1, -0.05) is 26.0 Å². The molecule has 0 fully saturated rings. The smallest absolute Gasteiger partial charge is 0.186 e. The Morgan fingerprint density at radius 2 is 1.92 bits per heavy atom. The van der Waals surface area contributed by atoms with E-state index in [1.54, 1.807) is 12.1 Å². The van der Waals surface area contributed by atoms with Gasteiger partial charge in [0.2, 0.25) is 0 Å². The van der Waals surface area contributed by atoms with Crippen LogP contribution in [0.15, 0.2) is 29.2 Å². The first-order valence-corrected chi connectivity index (χ1v) is 5.46. The van der Waals surface area contributed by atoms with Gasteiger partial charge in [0.05, 0.1) is 4.90 Å². The average molecular weight is 198 g/mol. The summed E-state index contributed by atoms with van der Waals surface area (Å²) in [6.07, 6.45) is 1.08. The van der Waals surface area contributed by atoms with Crippen LogP contribution in [0.25, 0.3) is 0 Å². The Balaban J connectivity index is 2.87. The molecule has 0 amide bonds. The van der Waals surface area contributed by atoms with Gasteiger partial charge in [-0.15, -0.1) is 0 Å². The zero-order chi connectivity index (χ0) is 9.84. The van der Waals surface area contributed by atoms with Crippen molar-refractivity contribution in [2.45, 2.75) is 31.1 Å². The van der Waals surface area contributed by atoms with E-state index in [-0.39, 0.29) is 0 Å². The lowest BCUT2D eigenvalue weighted by Gasteiger charge is -2.08. The van der Waals surface area contributed by atoms with Gasteiger partial charge in [0.15, 0.2) is 11.1 Å². The lowest BCUT2D eigenvalue weighted by atomic mass is 9.99. The van der Waals surface area contributed by atoms with Crippen molar-refractivity contribution < 1.29 is 8.76 Å². The lowest BCUT2D eigenvalue weighted by Crippen LogP contribution is -1.93. The van der Waals surface area contributed by atoms with Gasteiger partial charge >= 0.3 is 0 Å². The highest BCUT2D eigenvalue weighted by Crippen LogP contribution is 2.19. The highest BCUT2D eigenvalue weighted by atomic mass is 32.2. The third-order valence-electron chi connectivity index (χ3n) is 2.26. The molecule has 0 saturated heterocycles. The van der Waals surface area contributed by atoms with Gasteiger partial charge in [-0.2, -0.15) is 0 Å². The van der Waals surface area contributed by atoms with Crippen LogP contribution in [0.1, 0.15) is 31.7 Å². The maximum Gasteiger partial charge on any atom is 0.186 e. The largest absolute Gasteiger partial charge is 0.302 e. The molecule has 2 atom stereocenters. The molecule has 1 aromatic rings. The molecule has 13 heavy (non-hydrogen) atoms. The first-order valence-electron chi connectivity index (χ1n) is 4.36. The Morgan fingerprint density at radius 3 is 2.31 bits per heavy atom. The molecule has 2 unspecified atom stereocenters. The molecule has 0 heterocycles. The van der Waals surface area contributed by atoms with Crippen molar-refractivity contribution in [2.75, 3.05) is 0 Å². The van der Waals surface area contributed by atoms with Crippen LogP contribution >= 0.6 is 0 Å². The summed E-state index contributed by atoms with van der Waals surface area (Å²) in [5.41, 5.74) is 1.22. The van der Waals surface area contributed by atoms with E-state index in [4.69, 9.17) is 4.55 Å². The molecule has 2 nitrogen and oxygen atoms in total. The minimum atomic E-state index is -1.85. The molecular formula is C10H14O2S. The quantitative estimate of drug-likeness (QED) is 0.758.